The minimum atomic E-state index is -0.585. The van der Waals surface area contributed by atoms with Crippen LogP contribution in [-0.2, 0) is 14.4 Å². The quantitative estimate of drug-likeness (QED) is 0.655. The Morgan fingerprint density at radius 3 is 1.92 bits per heavy atom. The van der Waals surface area contributed by atoms with Crippen molar-refractivity contribution in [2.24, 2.45) is 5.92 Å². The number of piperazine rings is 1. The third kappa shape index (κ3) is 4.65. The van der Waals surface area contributed by atoms with Crippen LogP contribution in [0.25, 0.3) is 0 Å². The Morgan fingerprint density at radius 2 is 1.44 bits per heavy atom. The van der Waals surface area contributed by atoms with Crippen LogP contribution in [0.2, 0.25) is 0 Å². The summed E-state index contributed by atoms with van der Waals surface area (Å²) in [5.41, 5.74) is 0.860. The molecule has 1 N–H and O–H groups in total. The van der Waals surface area contributed by atoms with Gasteiger partial charge < -0.3 is 15.1 Å². The molecule has 0 saturated carbocycles. The van der Waals surface area contributed by atoms with Gasteiger partial charge in [-0.25, -0.2) is 0 Å². The SMILES string of the molecule is CC(=O)N1CCN(C(=O)C(=O)c2ccc(NC(=O)C(C)C)cc2)CC1. The van der Waals surface area contributed by atoms with Crippen LogP contribution in [0, 0.1) is 5.92 Å². The fraction of sp³-hybridized carbons (Fsp3) is 0.444. The molecule has 0 atom stereocenters. The van der Waals surface area contributed by atoms with Crippen LogP contribution in [0.3, 0.4) is 0 Å². The van der Waals surface area contributed by atoms with Crippen molar-refractivity contribution < 1.29 is 19.2 Å². The van der Waals surface area contributed by atoms with E-state index in [0.717, 1.165) is 0 Å². The highest BCUT2D eigenvalue weighted by Gasteiger charge is 2.27. The van der Waals surface area contributed by atoms with Crippen molar-refractivity contribution in [2.45, 2.75) is 20.8 Å². The first-order valence-electron chi connectivity index (χ1n) is 8.29. The van der Waals surface area contributed by atoms with Gasteiger partial charge in [0, 0.05) is 50.3 Å². The Balaban J connectivity index is 1.97. The first-order valence-corrected chi connectivity index (χ1v) is 8.29. The number of hydrogen-bond donors (Lipinski definition) is 1. The summed E-state index contributed by atoms with van der Waals surface area (Å²) in [7, 11) is 0. The topological polar surface area (TPSA) is 86.8 Å². The van der Waals surface area contributed by atoms with Crippen LogP contribution in [-0.4, -0.2) is 59.5 Å². The molecule has 1 aromatic rings. The molecule has 0 aliphatic carbocycles. The molecule has 0 aromatic heterocycles. The van der Waals surface area contributed by atoms with E-state index in [1.54, 1.807) is 30.9 Å². The summed E-state index contributed by atoms with van der Waals surface area (Å²) in [6.07, 6.45) is 0. The number of benzene rings is 1. The fourth-order valence-corrected chi connectivity index (χ4v) is 2.48. The van der Waals surface area contributed by atoms with Gasteiger partial charge in [0.25, 0.3) is 5.91 Å². The molecular weight excluding hydrogens is 322 g/mol. The predicted molar refractivity (Wildman–Crippen MR) is 93.1 cm³/mol. The number of carbonyl (C=O) groups is 4. The second-order valence-corrected chi connectivity index (χ2v) is 6.35. The molecule has 25 heavy (non-hydrogen) atoms. The van der Waals surface area contributed by atoms with Crippen LogP contribution >= 0.6 is 0 Å². The van der Waals surface area contributed by atoms with Crippen LogP contribution in [0.1, 0.15) is 31.1 Å². The highest BCUT2D eigenvalue weighted by molar-refractivity contribution is 6.42. The van der Waals surface area contributed by atoms with E-state index in [1.807, 2.05) is 0 Å². The Morgan fingerprint density at radius 1 is 0.920 bits per heavy atom. The largest absolute Gasteiger partial charge is 0.339 e. The lowest BCUT2D eigenvalue weighted by Gasteiger charge is -2.33. The number of nitrogens with zero attached hydrogens (tertiary/aromatic N) is 2. The summed E-state index contributed by atoms with van der Waals surface area (Å²) >= 11 is 0. The van der Waals surface area contributed by atoms with Crippen molar-refractivity contribution >= 4 is 29.2 Å². The molecule has 3 amide bonds. The standard InChI is InChI=1S/C18H23N3O4/c1-12(2)17(24)19-15-6-4-14(5-7-15)16(23)18(25)21-10-8-20(9-11-21)13(3)22/h4-7,12H,8-11H2,1-3H3,(H,19,24). The zero-order chi connectivity index (χ0) is 18.6. The van der Waals surface area contributed by atoms with Crippen molar-refractivity contribution in [1.82, 2.24) is 9.80 Å². The van der Waals surface area contributed by atoms with E-state index in [2.05, 4.69) is 5.32 Å². The molecule has 0 bridgehead atoms. The van der Waals surface area contributed by atoms with Crippen molar-refractivity contribution in [2.75, 3.05) is 31.5 Å². The monoisotopic (exact) mass is 345 g/mol. The average Bonchev–Trinajstić information content (AvgIpc) is 2.61. The first-order chi connectivity index (χ1) is 11.8. The van der Waals surface area contributed by atoms with E-state index in [4.69, 9.17) is 0 Å². The lowest BCUT2D eigenvalue weighted by Crippen LogP contribution is -2.51. The second-order valence-electron chi connectivity index (χ2n) is 6.35. The summed E-state index contributed by atoms with van der Waals surface area (Å²) in [6, 6.07) is 6.27. The lowest BCUT2D eigenvalue weighted by molar-refractivity contribution is -0.135. The molecule has 7 nitrogen and oxygen atoms in total. The normalized spacial score (nSPS) is 14.4. The maximum atomic E-state index is 12.3. The molecule has 7 heteroatoms. The van der Waals surface area contributed by atoms with Crippen molar-refractivity contribution in [3.05, 3.63) is 29.8 Å². The third-order valence-electron chi connectivity index (χ3n) is 4.15. The highest BCUT2D eigenvalue weighted by atomic mass is 16.2. The molecule has 1 aromatic carbocycles. The van der Waals surface area contributed by atoms with Crippen LogP contribution < -0.4 is 5.32 Å². The number of anilines is 1. The fourth-order valence-electron chi connectivity index (χ4n) is 2.48. The summed E-state index contributed by atoms with van der Waals surface area (Å²) in [6.45, 7) is 6.65. The number of Topliss-reactive ketones (excluding diaryl/α,β-unsaturated/α-hetero) is 1. The van der Waals surface area contributed by atoms with Crippen molar-refractivity contribution in [1.29, 1.82) is 0 Å². The second kappa shape index (κ2) is 7.92. The number of nitrogens with one attached hydrogen (secondary N) is 1. The molecule has 0 unspecified atom stereocenters. The summed E-state index contributed by atoms with van der Waals surface area (Å²) < 4.78 is 0. The van der Waals surface area contributed by atoms with Crippen molar-refractivity contribution in [3.8, 4) is 0 Å². The molecule has 134 valence electrons. The Kier molecular flexibility index (Phi) is 5.90. The maximum Gasteiger partial charge on any atom is 0.295 e. The van der Waals surface area contributed by atoms with E-state index < -0.39 is 11.7 Å². The Bertz CT molecular complexity index is 674. The molecule has 1 aliphatic rings. The molecule has 2 rings (SSSR count). The zero-order valence-corrected chi connectivity index (χ0v) is 14.7. The van der Waals surface area contributed by atoms with Gasteiger partial charge in [-0.05, 0) is 24.3 Å². The summed E-state index contributed by atoms with van der Waals surface area (Å²) in [5, 5.41) is 2.73. The van der Waals surface area contributed by atoms with E-state index in [9.17, 15) is 19.2 Å². The van der Waals surface area contributed by atoms with E-state index in [-0.39, 0.29) is 23.3 Å². The van der Waals surface area contributed by atoms with E-state index in [0.29, 0.717) is 31.9 Å². The van der Waals surface area contributed by atoms with Gasteiger partial charge in [0.15, 0.2) is 0 Å². The van der Waals surface area contributed by atoms with Gasteiger partial charge in [0.2, 0.25) is 17.6 Å². The smallest absolute Gasteiger partial charge is 0.295 e. The van der Waals surface area contributed by atoms with Crippen LogP contribution in [0.4, 0.5) is 5.69 Å². The first kappa shape index (κ1) is 18.6. The summed E-state index contributed by atoms with van der Waals surface area (Å²) in [4.78, 5) is 50.8. The van der Waals surface area contributed by atoms with E-state index >= 15 is 0 Å². The molecule has 0 spiro atoms. The number of amides is 3. The van der Waals surface area contributed by atoms with Gasteiger partial charge in [-0.15, -0.1) is 0 Å². The Labute approximate surface area is 147 Å². The van der Waals surface area contributed by atoms with Gasteiger partial charge in [-0.1, -0.05) is 13.8 Å². The number of ketones is 1. The summed E-state index contributed by atoms with van der Waals surface area (Å²) in [5.74, 6) is -1.44. The minimum Gasteiger partial charge on any atom is -0.339 e. The molecule has 0 radical (unpaired) electrons. The zero-order valence-electron chi connectivity index (χ0n) is 14.7. The molecule has 1 saturated heterocycles. The van der Waals surface area contributed by atoms with Crippen LogP contribution in [0.5, 0.6) is 0 Å². The van der Waals surface area contributed by atoms with Gasteiger partial charge >= 0.3 is 0 Å². The number of rotatable bonds is 4. The van der Waals surface area contributed by atoms with E-state index in [1.165, 1.54) is 24.0 Å². The van der Waals surface area contributed by atoms with Gasteiger partial charge in [0.05, 0.1) is 0 Å². The van der Waals surface area contributed by atoms with Gasteiger partial charge in [-0.3, -0.25) is 19.2 Å². The molecule has 1 fully saturated rings. The van der Waals surface area contributed by atoms with Crippen LogP contribution in [0.15, 0.2) is 24.3 Å². The Hall–Kier alpha value is -2.70. The molecule has 1 heterocycles. The number of hydrogen-bond acceptors (Lipinski definition) is 4. The average molecular weight is 345 g/mol. The molecule has 1 aliphatic heterocycles. The molecular formula is C18H23N3O4. The maximum absolute atomic E-state index is 12.3. The lowest BCUT2D eigenvalue weighted by atomic mass is 10.1. The minimum absolute atomic E-state index is 0.0301. The predicted octanol–water partition coefficient (Wildman–Crippen LogP) is 1.15. The van der Waals surface area contributed by atoms with Gasteiger partial charge in [-0.2, -0.15) is 0 Å². The van der Waals surface area contributed by atoms with Crippen molar-refractivity contribution in [3.63, 3.8) is 0 Å². The van der Waals surface area contributed by atoms with Gasteiger partial charge in [0.1, 0.15) is 0 Å². The highest BCUT2D eigenvalue weighted by Crippen LogP contribution is 2.13. The number of carbonyl (C=O) groups excluding carboxylic acids is 4. The third-order valence-corrected chi connectivity index (χ3v) is 4.15.